The van der Waals surface area contributed by atoms with Crippen LogP contribution in [0.1, 0.15) is 68.6 Å². The minimum atomic E-state index is -4.99. The van der Waals surface area contributed by atoms with Crippen molar-refractivity contribution in [1.29, 1.82) is 0 Å². The van der Waals surface area contributed by atoms with Crippen LogP contribution < -0.4 is 14.2 Å². The second kappa shape index (κ2) is 21.6. The number of ether oxygens (including phenoxy) is 8. The van der Waals surface area contributed by atoms with Gasteiger partial charge in [-0.15, -0.1) is 0 Å². The third-order valence-corrected chi connectivity index (χ3v) is 12.1. The first-order valence-corrected chi connectivity index (χ1v) is 21.9. The molecule has 1 saturated heterocycles. The molecular formula is C47H59O12S+. The fourth-order valence-corrected chi connectivity index (χ4v) is 8.96. The van der Waals surface area contributed by atoms with Gasteiger partial charge in [-0.05, 0) is 59.5 Å². The number of methoxy groups -OCH3 is 3. The van der Waals surface area contributed by atoms with Crippen molar-refractivity contribution in [2.24, 2.45) is 17.8 Å². The molecule has 2 fully saturated rings. The van der Waals surface area contributed by atoms with Gasteiger partial charge in [0.2, 0.25) is 0 Å². The summed E-state index contributed by atoms with van der Waals surface area (Å²) < 4.78 is 90.8. The molecule has 0 spiro atoms. The van der Waals surface area contributed by atoms with Crippen molar-refractivity contribution in [1.82, 2.24) is 0 Å². The van der Waals surface area contributed by atoms with Gasteiger partial charge in [-0.2, -0.15) is 8.42 Å². The van der Waals surface area contributed by atoms with Gasteiger partial charge < -0.3 is 37.9 Å². The average Bonchev–Trinajstić information content (AvgIpc) is 3.57. The fourth-order valence-electron chi connectivity index (χ4n) is 8.38. The molecule has 1 N–H and O–H groups in total. The van der Waals surface area contributed by atoms with E-state index in [0.717, 1.165) is 34.4 Å². The number of hydrogen-bond donors (Lipinski definition) is 1. The van der Waals surface area contributed by atoms with Crippen LogP contribution in [0.2, 0.25) is 0 Å². The lowest BCUT2D eigenvalue weighted by Crippen LogP contribution is -2.55. The fraction of sp³-hybridized carbons (Fsp3) is 0.468. The van der Waals surface area contributed by atoms with Crippen LogP contribution >= 0.6 is 0 Å². The van der Waals surface area contributed by atoms with Crippen LogP contribution in [-0.4, -0.2) is 71.4 Å². The summed E-state index contributed by atoms with van der Waals surface area (Å²) >= 11 is 0. The molecule has 1 aliphatic carbocycles. The topological polar surface area (TPSA) is 137 Å². The van der Waals surface area contributed by atoms with Crippen LogP contribution in [0.15, 0.2) is 103 Å². The summed E-state index contributed by atoms with van der Waals surface area (Å²) in [5.74, 6) is 3.40. The van der Waals surface area contributed by atoms with Crippen molar-refractivity contribution in [3.63, 3.8) is 0 Å². The highest BCUT2D eigenvalue weighted by Gasteiger charge is 2.52. The van der Waals surface area contributed by atoms with Gasteiger partial charge in [0.1, 0.15) is 60.1 Å². The second-order valence-electron chi connectivity index (χ2n) is 15.6. The molecule has 6 rings (SSSR count). The summed E-state index contributed by atoms with van der Waals surface area (Å²) in [5.41, 5.74) is 3.51. The Morgan fingerprint density at radius 1 is 0.750 bits per heavy atom. The zero-order valence-corrected chi connectivity index (χ0v) is 36.1. The maximum absolute atomic E-state index is 12.9. The first-order chi connectivity index (χ1) is 29.0. The van der Waals surface area contributed by atoms with Gasteiger partial charge in [0, 0.05) is 17.4 Å². The third-order valence-electron chi connectivity index (χ3n) is 11.7. The van der Waals surface area contributed by atoms with Crippen LogP contribution in [0.5, 0.6) is 17.2 Å². The van der Waals surface area contributed by atoms with Crippen molar-refractivity contribution in [2.75, 3.05) is 27.9 Å². The normalized spacial score (nSPS) is 23.5. The van der Waals surface area contributed by atoms with E-state index in [1.54, 1.807) is 21.3 Å². The summed E-state index contributed by atoms with van der Waals surface area (Å²) in [7, 11) is -0.137. The van der Waals surface area contributed by atoms with E-state index in [1.807, 2.05) is 110 Å². The zero-order valence-electron chi connectivity index (χ0n) is 35.3. The predicted octanol–water partition coefficient (Wildman–Crippen LogP) is 8.74. The van der Waals surface area contributed by atoms with Gasteiger partial charge in [-0.3, -0.25) is 4.55 Å². The molecule has 60 heavy (non-hydrogen) atoms. The summed E-state index contributed by atoms with van der Waals surface area (Å²) in [4.78, 5) is 0. The quantitative estimate of drug-likeness (QED) is 0.0634. The summed E-state index contributed by atoms with van der Waals surface area (Å²) in [6, 6.07) is 32.3. The van der Waals surface area contributed by atoms with Crippen LogP contribution in [0.25, 0.3) is 0 Å². The molecular weight excluding hydrogens is 789 g/mol. The summed E-state index contributed by atoms with van der Waals surface area (Å²) in [5, 5.41) is 0. The van der Waals surface area contributed by atoms with Crippen molar-refractivity contribution in [3.8, 4) is 17.2 Å². The molecule has 0 aromatic heterocycles. The lowest BCUT2D eigenvalue weighted by molar-refractivity contribution is -0.299. The predicted molar refractivity (Wildman–Crippen MR) is 226 cm³/mol. The van der Waals surface area contributed by atoms with Gasteiger partial charge in [0.05, 0.1) is 60.1 Å². The molecule has 4 aromatic rings. The van der Waals surface area contributed by atoms with E-state index in [4.69, 9.17) is 42.1 Å². The highest BCUT2D eigenvalue weighted by molar-refractivity contribution is 7.80. The third kappa shape index (κ3) is 12.2. The molecule has 0 radical (unpaired) electrons. The monoisotopic (exact) mass is 847 g/mol. The minimum absolute atomic E-state index is 0.0384. The van der Waals surface area contributed by atoms with E-state index >= 15 is 0 Å². The molecule has 1 heterocycles. The molecule has 2 aliphatic rings. The molecule has 4 aromatic carbocycles. The Balaban J connectivity index is 1.30. The maximum Gasteiger partial charge on any atom is 0.397 e. The van der Waals surface area contributed by atoms with Gasteiger partial charge >= 0.3 is 10.4 Å². The van der Waals surface area contributed by atoms with Crippen molar-refractivity contribution in [2.45, 2.75) is 96.7 Å². The summed E-state index contributed by atoms with van der Waals surface area (Å²) in [6.45, 7) is 7.13. The Morgan fingerprint density at radius 3 is 1.77 bits per heavy atom. The maximum atomic E-state index is 12.9. The second-order valence-corrected chi connectivity index (χ2v) is 16.6. The van der Waals surface area contributed by atoms with Crippen molar-refractivity contribution >= 4 is 10.4 Å². The van der Waals surface area contributed by atoms with Crippen LogP contribution in [0.3, 0.4) is 0 Å². The van der Waals surface area contributed by atoms with Gasteiger partial charge in [0.25, 0.3) is 0 Å². The van der Waals surface area contributed by atoms with E-state index in [1.165, 1.54) is 5.92 Å². The number of benzene rings is 4. The van der Waals surface area contributed by atoms with E-state index in [-0.39, 0.29) is 37.8 Å². The van der Waals surface area contributed by atoms with Crippen molar-refractivity contribution < 1.29 is 55.0 Å². The highest BCUT2D eigenvalue weighted by atomic mass is 32.3. The van der Waals surface area contributed by atoms with E-state index < -0.39 is 47.0 Å². The van der Waals surface area contributed by atoms with Gasteiger partial charge in [-0.1, -0.05) is 87.5 Å². The molecule has 1 saturated carbocycles. The Morgan fingerprint density at radius 2 is 1.27 bits per heavy atom. The molecule has 324 valence electrons. The Labute approximate surface area is 355 Å². The molecule has 0 bridgehead atoms. The van der Waals surface area contributed by atoms with Crippen LogP contribution in [0, 0.1) is 23.7 Å². The van der Waals surface area contributed by atoms with Crippen molar-refractivity contribution in [3.05, 3.63) is 131 Å². The van der Waals surface area contributed by atoms with E-state index in [9.17, 15) is 13.0 Å². The lowest BCUT2D eigenvalue weighted by Gasteiger charge is -2.43. The molecule has 1 aliphatic heterocycles. The number of rotatable bonds is 21. The molecule has 12 nitrogen and oxygen atoms in total. The van der Waals surface area contributed by atoms with E-state index in [2.05, 4.69) is 13.8 Å². The molecule has 9 atom stereocenters. The highest BCUT2D eigenvalue weighted by Crippen LogP contribution is 2.47. The number of hydrogen-bond acceptors (Lipinski definition) is 11. The van der Waals surface area contributed by atoms with Gasteiger partial charge in [0.15, 0.2) is 6.29 Å². The first kappa shape index (κ1) is 45.3. The van der Waals surface area contributed by atoms with Crippen LogP contribution in [0.4, 0.5) is 0 Å². The Hall–Kier alpha value is -4.18. The molecule has 13 heteroatoms. The average molecular weight is 848 g/mol. The van der Waals surface area contributed by atoms with Crippen LogP contribution in [-0.2, 0) is 58.1 Å². The molecule has 0 amide bonds. The lowest BCUT2D eigenvalue weighted by atomic mass is 9.80. The van der Waals surface area contributed by atoms with E-state index in [0.29, 0.717) is 30.9 Å². The Kier molecular flexibility index (Phi) is 16.3. The first-order valence-electron chi connectivity index (χ1n) is 20.5. The largest absolute Gasteiger partial charge is 0.497 e. The Bertz CT molecular complexity index is 1980. The summed E-state index contributed by atoms with van der Waals surface area (Å²) in [6.07, 6.45) is -2.69. The SMILES string of the molecule is CC[C@H]1[C+](C[C@@H](C)C(OS(=O)(=O)O)[C@H](OCc2ccc(OC)cc2)[C@@H]2OC(c3ccccc3)OC[C@@H]2OCc2ccc(OC)cc2)C[C@@H](OCc2ccc(OC)cc2)[C@@H]1C. The minimum Gasteiger partial charge on any atom is -0.497 e. The zero-order chi connectivity index (χ0) is 42.6. The standard InChI is InChI=1S/C47H58O12S/c1-7-41-32(3)42(54-27-33-13-19-38(51-4)20-14-33)26-37(41)25-31(2)44(59-60(48,49)50)46(56-29-35-17-23-40(53-6)24-18-35)45-43(55-28-34-15-21-39(52-5)22-16-34)30-57-47(58-45)36-11-9-8-10-12-36/h8-24,31-32,41-47H,7,25-30H2,1-6H3/p+1/t31-,32-,41-,42-,43+,44?,45-,46+,47?/m1/s1. The molecule has 2 unspecified atom stereocenters. The smallest absolute Gasteiger partial charge is 0.397 e. The van der Waals surface area contributed by atoms with Gasteiger partial charge in [-0.25, -0.2) is 4.18 Å².